The molecule has 16 heavy (non-hydrogen) atoms. The summed E-state index contributed by atoms with van der Waals surface area (Å²) in [5.41, 5.74) is 0.753. The summed E-state index contributed by atoms with van der Waals surface area (Å²) in [5.74, 6) is -1.52. The van der Waals surface area contributed by atoms with Crippen LogP contribution in [-0.4, -0.2) is 22.9 Å². The molecule has 2 N–H and O–H groups in total. The Labute approximate surface area is 98.2 Å². The van der Waals surface area contributed by atoms with Gasteiger partial charge in [-0.05, 0) is 5.56 Å². The van der Waals surface area contributed by atoms with Gasteiger partial charge >= 0.3 is 5.97 Å². The van der Waals surface area contributed by atoms with E-state index in [0.29, 0.717) is 0 Å². The summed E-state index contributed by atoms with van der Waals surface area (Å²) < 4.78 is 0. The van der Waals surface area contributed by atoms with E-state index < -0.39 is 12.0 Å². The minimum Gasteiger partial charge on any atom is -0.481 e. The maximum absolute atomic E-state index is 11.1. The van der Waals surface area contributed by atoms with E-state index in [0.717, 1.165) is 5.56 Å². The van der Waals surface area contributed by atoms with E-state index in [9.17, 15) is 9.59 Å². The number of nitrogens with one attached hydrogen (secondary N) is 1. The molecule has 1 aromatic rings. The molecule has 0 fully saturated rings. The lowest BCUT2D eigenvalue weighted by atomic mass is 10.0. The Bertz CT molecular complexity index is 367. The van der Waals surface area contributed by atoms with E-state index in [2.05, 4.69) is 5.32 Å². The highest BCUT2D eigenvalue weighted by Crippen LogP contribution is 2.16. The Morgan fingerprint density at radius 1 is 1.31 bits per heavy atom. The van der Waals surface area contributed by atoms with Crippen LogP contribution in [0.2, 0.25) is 0 Å². The number of hydrogen-bond acceptors (Lipinski definition) is 2. The van der Waals surface area contributed by atoms with Crippen LogP contribution < -0.4 is 5.32 Å². The zero-order chi connectivity index (χ0) is 12.0. The largest absolute Gasteiger partial charge is 0.481 e. The third-order valence-electron chi connectivity index (χ3n) is 2.04. The summed E-state index contributed by atoms with van der Waals surface area (Å²) >= 11 is 5.36. The second-order valence-electron chi connectivity index (χ2n) is 3.26. The zero-order valence-electron chi connectivity index (χ0n) is 8.52. The standard InChI is InChI=1S/C11H12ClNO3/c12-7-10(14)13-9(6-11(15)16)8-4-2-1-3-5-8/h1-5,9H,6-7H2,(H,13,14)(H,15,16)/t9-/m1/s1. The van der Waals surface area contributed by atoms with Crippen LogP contribution >= 0.6 is 11.6 Å². The number of carbonyl (C=O) groups is 2. The van der Waals surface area contributed by atoms with E-state index in [-0.39, 0.29) is 18.2 Å². The van der Waals surface area contributed by atoms with Crippen molar-refractivity contribution in [2.75, 3.05) is 5.88 Å². The minimum atomic E-state index is -0.969. The number of rotatable bonds is 5. The topological polar surface area (TPSA) is 66.4 Å². The average molecular weight is 242 g/mol. The summed E-state index contributed by atoms with van der Waals surface area (Å²) in [6.45, 7) is 0. The second-order valence-corrected chi connectivity index (χ2v) is 3.53. The lowest BCUT2D eigenvalue weighted by Gasteiger charge is -2.16. The van der Waals surface area contributed by atoms with Crippen molar-refractivity contribution in [2.45, 2.75) is 12.5 Å². The van der Waals surface area contributed by atoms with Gasteiger partial charge < -0.3 is 10.4 Å². The Kier molecular flexibility index (Phi) is 4.79. The van der Waals surface area contributed by atoms with Crippen molar-refractivity contribution < 1.29 is 14.7 Å². The first kappa shape index (κ1) is 12.5. The number of hydrogen-bond donors (Lipinski definition) is 2. The monoisotopic (exact) mass is 241 g/mol. The normalized spacial score (nSPS) is 11.8. The Balaban J connectivity index is 2.79. The highest BCUT2D eigenvalue weighted by molar-refractivity contribution is 6.27. The van der Waals surface area contributed by atoms with E-state index in [1.165, 1.54) is 0 Å². The Morgan fingerprint density at radius 3 is 2.44 bits per heavy atom. The number of aliphatic carboxylic acids is 1. The van der Waals surface area contributed by atoms with Crippen molar-refractivity contribution in [2.24, 2.45) is 0 Å². The first-order chi connectivity index (χ1) is 7.63. The van der Waals surface area contributed by atoms with E-state index >= 15 is 0 Å². The van der Waals surface area contributed by atoms with Gasteiger partial charge in [-0.15, -0.1) is 11.6 Å². The predicted octanol–water partition coefficient (Wildman–Crippen LogP) is 1.56. The van der Waals surface area contributed by atoms with Gasteiger partial charge in [0.1, 0.15) is 5.88 Å². The van der Waals surface area contributed by atoms with Crippen molar-refractivity contribution >= 4 is 23.5 Å². The Morgan fingerprint density at radius 2 is 1.94 bits per heavy atom. The molecule has 1 rings (SSSR count). The molecule has 0 radical (unpaired) electrons. The highest BCUT2D eigenvalue weighted by Gasteiger charge is 2.16. The lowest BCUT2D eigenvalue weighted by Crippen LogP contribution is -2.30. The molecule has 0 heterocycles. The molecular formula is C11H12ClNO3. The van der Waals surface area contributed by atoms with Crippen molar-refractivity contribution in [1.29, 1.82) is 0 Å². The first-order valence-corrected chi connectivity index (χ1v) is 5.29. The number of carboxylic acid groups (broad SMARTS) is 1. The molecule has 1 amide bonds. The van der Waals surface area contributed by atoms with Crippen LogP contribution in [-0.2, 0) is 9.59 Å². The summed E-state index contributed by atoms with van der Waals surface area (Å²) in [7, 11) is 0. The summed E-state index contributed by atoms with van der Waals surface area (Å²) in [6.07, 6.45) is -0.160. The Hall–Kier alpha value is -1.55. The molecule has 0 unspecified atom stereocenters. The first-order valence-electron chi connectivity index (χ1n) is 4.75. The quantitative estimate of drug-likeness (QED) is 0.769. The van der Waals surface area contributed by atoms with Crippen LogP contribution in [0.15, 0.2) is 30.3 Å². The van der Waals surface area contributed by atoms with Crippen LogP contribution in [0.3, 0.4) is 0 Å². The molecule has 0 aliphatic rings. The maximum atomic E-state index is 11.1. The second kappa shape index (κ2) is 6.12. The smallest absolute Gasteiger partial charge is 0.305 e. The van der Waals surface area contributed by atoms with Gasteiger partial charge in [-0.25, -0.2) is 0 Å². The molecular weight excluding hydrogens is 230 g/mol. The molecule has 0 bridgehead atoms. The predicted molar refractivity (Wildman–Crippen MR) is 60.3 cm³/mol. The fraction of sp³-hybridized carbons (Fsp3) is 0.273. The van der Waals surface area contributed by atoms with Crippen LogP contribution in [0, 0.1) is 0 Å². The molecule has 86 valence electrons. The number of carbonyl (C=O) groups excluding carboxylic acids is 1. The fourth-order valence-electron chi connectivity index (χ4n) is 1.35. The molecule has 4 nitrogen and oxygen atoms in total. The molecule has 0 spiro atoms. The van der Waals surface area contributed by atoms with Crippen molar-refractivity contribution in [3.63, 3.8) is 0 Å². The van der Waals surface area contributed by atoms with Crippen molar-refractivity contribution in [3.8, 4) is 0 Å². The number of halogens is 1. The van der Waals surface area contributed by atoms with Gasteiger partial charge in [-0.2, -0.15) is 0 Å². The number of benzene rings is 1. The lowest BCUT2D eigenvalue weighted by molar-refractivity contribution is -0.137. The molecule has 5 heteroatoms. The van der Waals surface area contributed by atoms with Gasteiger partial charge in [0, 0.05) is 0 Å². The SMILES string of the molecule is O=C(O)C[C@@H](NC(=O)CCl)c1ccccc1. The van der Waals surface area contributed by atoms with E-state index in [1.54, 1.807) is 24.3 Å². The van der Waals surface area contributed by atoms with Crippen LogP contribution in [0.4, 0.5) is 0 Å². The molecule has 0 aliphatic heterocycles. The van der Waals surface area contributed by atoms with Crippen molar-refractivity contribution in [3.05, 3.63) is 35.9 Å². The molecule has 0 saturated heterocycles. The van der Waals surface area contributed by atoms with Gasteiger partial charge in [-0.1, -0.05) is 30.3 Å². The zero-order valence-corrected chi connectivity index (χ0v) is 9.28. The molecule has 0 saturated carbocycles. The third kappa shape index (κ3) is 3.90. The van der Waals surface area contributed by atoms with Crippen LogP contribution in [0.1, 0.15) is 18.0 Å². The third-order valence-corrected chi connectivity index (χ3v) is 2.28. The number of alkyl halides is 1. The van der Waals surface area contributed by atoms with E-state index in [1.807, 2.05) is 6.07 Å². The fourth-order valence-corrected chi connectivity index (χ4v) is 1.42. The molecule has 1 atom stereocenters. The number of carboxylic acids is 1. The van der Waals surface area contributed by atoms with Gasteiger partial charge in [0.2, 0.25) is 5.91 Å². The molecule has 1 aromatic carbocycles. The van der Waals surface area contributed by atoms with E-state index in [4.69, 9.17) is 16.7 Å². The van der Waals surface area contributed by atoms with Gasteiger partial charge in [-0.3, -0.25) is 9.59 Å². The average Bonchev–Trinajstić information content (AvgIpc) is 2.28. The summed E-state index contributed by atoms with van der Waals surface area (Å²) in [6, 6.07) is 8.40. The van der Waals surface area contributed by atoms with Gasteiger partial charge in [0.15, 0.2) is 0 Å². The molecule has 0 aromatic heterocycles. The van der Waals surface area contributed by atoms with Crippen LogP contribution in [0.5, 0.6) is 0 Å². The summed E-state index contributed by atoms with van der Waals surface area (Å²) in [5, 5.41) is 11.3. The maximum Gasteiger partial charge on any atom is 0.305 e. The van der Waals surface area contributed by atoms with Crippen molar-refractivity contribution in [1.82, 2.24) is 5.32 Å². The summed E-state index contributed by atoms with van der Waals surface area (Å²) in [4.78, 5) is 21.8. The minimum absolute atomic E-state index is 0.160. The van der Waals surface area contributed by atoms with Gasteiger partial charge in [0.05, 0.1) is 12.5 Å². The highest BCUT2D eigenvalue weighted by atomic mass is 35.5. The molecule has 0 aliphatic carbocycles. The van der Waals surface area contributed by atoms with Gasteiger partial charge in [0.25, 0.3) is 0 Å². The number of amides is 1. The van der Waals surface area contributed by atoms with Crippen LogP contribution in [0.25, 0.3) is 0 Å².